The molecular weight excluding hydrogens is 408 g/mol. The Kier molecular flexibility index (Phi) is 5.01. The second-order valence-electron chi connectivity index (χ2n) is 5.54. The average Bonchev–Trinajstić information content (AvgIpc) is 2.76. The highest BCUT2D eigenvalue weighted by Crippen LogP contribution is 2.34. The molecule has 0 spiro atoms. The van der Waals surface area contributed by atoms with Gasteiger partial charge in [0.05, 0.1) is 12.1 Å². The molecular formula is C17H17BrN2O4S. The molecule has 0 atom stereocenters. The normalized spacial score (nSPS) is 14.1. The summed E-state index contributed by atoms with van der Waals surface area (Å²) < 4.78 is 34.3. The summed E-state index contributed by atoms with van der Waals surface area (Å²) >= 11 is 3.26. The van der Waals surface area contributed by atoms with E-state index in [0.29, 0.717) is 16.7 Å². The number of sulfonamides is 1. The number of anilines is 1. The number of rotatable bonds is 4. The van der Waals surface area contributed by atoms with Gasteiger partial charge in [-0.05, 0) is 36.2 Å². The molecule has 25 heavy (non-hydrogen) atoms. The van der Waals surface area contributed by atoms with Gasteiger partial charge in [0, 0.05) is 10.2 Å². The highest BCUT2D eigenvalue weighted by atomic mass is 79.9. The quantitative estimate of drug-likeness (QED) is 0.789. The predicted molar refractivity (Wildman–Crippen MR) is 98.6 cm³/mol. The van der Waals surface area contributed by atoms with Crippen molar-refractivity contribution in [3.05, 3.63) is 52.0 Å². The molecule has 0 unspecified atom stereocenters. The number of carbonyl (C=O) groups excluding carboxylic acids is 1. The Morgan fingerprint density at radius 3 is 2.64 bits per heavy atom. The molecule has 0 bridgehead atoms. The molecule has 1 amide bonds. The van der Waals surface area contributed by atoms with Gasteiger partial charge in [-0.1, -0.05) is 35.0 Å². The van der Waals surface area contributed by atoms with Crippen LogP contribution in [0.15, 0.2) is 45.8 Å². The van der Waals surface area contributed by atoms with Crippen LogP contribution in [0.2, 0.25) is 0 Å². The lowest BCUT2D eigenvalue weighted by molar-refractivity contribution is 0.0957. The lowest BCUT2D eigenvalue weighted by Gasteiger charge is -2.14. The second kappa shape index (κ2) is 7.05. The Morgan fingerprint density at radius 2 is 1.96 bits per heavy atom. The van der Waals surface area contributed by atoms with E-state index in [4.69, 9.17) is 4.74 Å². The zero-order valence-electron chi connectivity index (χ0n) is 13.5. The summed E-state index contributed by atoms with van der Waals surface area (Å²) in [4.78, 5) is 12.1. The van der Waals surface area contributed by atoms with Crippen LogP contribution < -0.4 is 14.8 Å². The summed E-state index contributed by atoms with van der Waals surface area (Å²) in [6, 6.07) is 10.1. The number of aryl methyl sites for hydroxylation is 1. The monoisotopic (exact) mass is 424 g/mol. The lowest BCUT2D eigenvalue weighted by atomic mass is 10.2. The maximum atomic E-state index is 12.9. The first-order valence-corrected chi connectivity index (χ1v) is 10.0. The number of carbonyl (C=O) groups is 1. The minimum atomic E-state index is -3.92. The topological polar surface area (TPSA) is 84.5 Å². The number of hydrogen-bond acceptors (Lipinski definition) is 4. The van der Waals surface area contributed by atoms with Crippen LogP contribution in [0.3, 0.4) is 0 Å². The van der Waals surface area contributed by atoms with E-state index in [-0.39, 0.29) is 28.7 Å². The van der Waals surface area contributed by atoms with Gasteiger partial charge in [-0.3, -0.25) is 9.52 Å². The molecule has 0 saturated heterocycles. The van der Waals surface area contributed by atoms with Crippen molar-refractivity contribution in [2.24, 2.45) is 0 Å². The number of ether oxygens (including phenoxy) is 1. The fourth-order valence-corrected chi connectivity index (χ4v) is 4.38. The largest absolute Gasteiger partial charge is 0.489 e. The van der Waals surface area contributed by atoms with Gasteiger partial charge in [-0.15, -0.1) is 0 Å². The molecule has 2 aromatic rings. The third kappa shape index (κ3) is 3.80. The van der Waals surface area contributed by atoms with Gasteiger partial charge in [0.25, 0.3) is 15.9 Å². The summed E-state index contributed by atoms with van der Waals surface area (Å²) in [5.41, 5.74) is 1.75. The highest BCUT2D eigenvalue weighted by molar-refractivity contribution is 9.10. The van der Waals surface area contributed by atoms with Gasteiger partial charge in [-0.25, -0.2) is 8.42 Å². The van der Waals surface area contributed by atoms with Crippen molar-refractivity contribution in [1.82, 2.24) is 5.32 Å². The van der Waals surface area contributed by atoms with Crippen molar-refractivity contribution in [2.75, 3.05) is 17.9 Å². The van der Waals surface area contributed by atoms with Crippen LogP contribution in [0.4, 0.5) is 5.69 Å². The molecule has 1 aliphatic rings. The van der Waals surface area contributed by atoms with Crippen LogP contribution in [0.25, 0.3) is 0 Å². The number of halogens is 1. The first kappa shape index (κ1) is 17.8. The Bertz CT molecular complexity index is 911. The maximum Gasteiger partial charge on any atom is 0.265 e. The molecule has 132 valence electrons. The molecule has 0 aromatic heterocycles. The van der Waals surface area contributed by atoms with Crippen LogP contribution in [-0.4, -0.2) is 27.5 Å². The van der Waals surface area contributed by atoms with E-state index in [0.717, 1.165) is 12.0 Å². The van der Waals surface area contributed by atoms with Crippen LogP contribution in [-0.2, 0) is 16.4 Å². The Labute approximate surface area is 154 Å². The SMILES string of the molecule is CCc1ccc(NS(=O)(=O)c2cc(Br)cc3c2OCCNC3=O)cc1. The minimum absolute atomic E-state index is 0.0656. The molecule has 2 N–H and O–H groups in total. The first-order chi connectivity index (χ1) is 11.9. The third-order valence-electron chi connectivity index (χ3n) is 3.80. The zero-order valence-corrected chi connectivity index (χ0v) is 15.9. The molecule has 8 heteroatoms. The van der Waals surface area contributed by atoms with Crippen LogP contribution in [0.5, 0.6) is 5.75 Å². The van der Waals surface area contributed by atoms with Crippen molar-refractivity contribution in [1.29, 1.82) is 0 Å². The van der Waals surface area contributed by atoms with E-state index < -0.39 is 10.0 Å². The third-order valence-corrected chi connectivity index (χ3v) is 5.65. The molecule has 3 rings (SSSR count). The molecule has 2 aromatic carbocycles. The Morgan fingerprint density at radius 1 is 1.24 bits per heavy atom. The van der Waals surface area contributed by atoms with Crippen molar-refractivity contribution in [3.63, 3.8) is 0 Å². The first-order valence-electron chi connectivity index (χ1n) is 7.77. The van der Waals surface area contributed by atoms with E-state index in [1.807, 2.05) is 19.1 Å². The number of nitrogens with one attached hydrogen (secondary N) is 2. The fourth-order valence-electron chi connectivity index (χ4n) is 2.52. The van der Waals surface area contributed by atoms with Crippen molar-refractivity contribution >= 4 is 37.5 Å². The van der Waals surface area contributed by atoms with E-state index in [2.05, 4.69) is 26.0 Å². The summed E-state index contributed by atoms with van der Waals surface area (Å²) in [6.07, 6.45) is 0.870. The smallest absolute Gasteiger partial charge is 0.265 e. The minimum Gasteiger partial charge on any atom is -0.489 e. The lowest BCUT2D eigenvalue weighted by Crippen LogP contribution is -2.24. The summed E-state index contributed by atoms with van der Waals surface area (Å²) in [5, 5.41) is 2.67. The predicted octanol–water partition coefficient (Wildman–Crippen LogP) is 2.93. The Hall–Kier alpha value is -2.06. The molecule has 0 fully saturated rings. The van der Waals surface area contributed by atoms with E-state index in [1.54, 1.807) is 18.2 Å². The van der Waals surface area contributed by atoms with E-state index >= 15 is 0 Å². The number of hydrogen-bond donors (Lipinski definition) is 2. The van der Waals surface area contributed by atoms with Gasteiger partial charge in [0.1, 0.15) is 11.5 Å². The van der Waals surface area contributed by atoms with Crippen molar-refractivity contribution in [3.8, 4) is 5.75 Å². The van der Waals surface area contributed by atoms with Crippen molar-refractivity contribution in [2.45, 2.75) is 18.2 Å². The Balaban J connectivity index is 2.03. The second-order valence-corrected chi connectivity index (χ2v) is 8.11. The van der Waals surface area contributed by atoms with Gasteiger partial charge in [0.15, 0.2) is 5.75 Å². The molecule has 1 aliphatic heterocycles. The van der Waals surface area contributed by atoms with Crippen LogP contribution in [0.1, 0.15) is 22.8 Å². The molecule has 6 nitrogen and oxygen atoms in total. The maximum absolute atomic E-state index is 12.9. The summed E-state index contributed by atoms with van der Waals surface area (Å²) in [6.45, 7) is 2.54. The molecule has 0 saturated carbocycles. The summed E-state index contributed by atoms with van der Waals surface area (Å²) in [7, 11) is -3.92. The molecule has 1 heterocycles. The van der Waals surface area contributed by atoms with E-state index in [1.165, 1.54) is 6.07 Å². The molecule has 0 aliphatic carbocycles. The molecule has 0 radical (unpaired) electrons. The van der Waals surface area contributed by atoms with Gasteiger partial charge in [0.2, 0.25) is 0 Å². The summed E-state index contributed by atoms with van der Waals surface area (Å²) in [5.74, 6) is -0.298. The van der Waals surface area contributed by atoms with Crippen LogP contribution >= 0.6 is 15.9 Å². The fraction of sp³-hybridized carbons (Fsp3) is 0.235. The average molecular weight is 425 g/mol. The van der Waals surface area contributed by atoms with Gasteiger partial charge >= 0.3 is 0 Å². The van der Waals surface area contributed by atoms with Gasteiger partial charge in [-0.2, -0.15) is 0 Å². The standard InChI is InChI=1S/C17H17BrN2O4S/c1-2-11-3-5-13(6-4-11)20-25(22,23)15-10-12(18)9-14-16(15)24-8-7-19-17(14)21/h3-6,9-10,20H,2,7-8H2,1H3,(H,19,21). The van der Waals surface area contributed by atoms with Crippen molar-refractivity contribution < 1.29 is 17.9 Å². The van der Waals surface area contributed by atoms with Gasteiger partial charge < -0.3 is 10.1 Å². The van der Waals surface area contributed by atoms with E-state index in [9.17, 15) is 13.2 Å². The highest BCUT2D eigenvalue weighted by Gasteiger charge is 2.27. The zero-order chi connectivity index (χ0) is 18.0. The number of fused-ring (bicyclic) bond motifs is 1. The number of amides is 1. The van der Waals surface area contributed by atoms with Crippen LogP contribution in [0, 0.1) is 0 Å². The number of benzene rings is 2.